The molecule has 0 unspecified atom stereocenters. The van der Waals surface area contributed by atoms with Crippen molar-refractivity contribution in [1.82, 2.24) is 0 Å². The Bertz CT molecular complexity index is 592. The number of nitriles is 1. The van der Waals surface area contributed by atoms with Gasteiger partial charge in [-0.1, -0.05) is 0 Å². The lowest BCUT2D eigenvalue weighted by molar-refractivity contribution is 0.468. The number of nitrogens with zero attached hydrogens (tertiary/aromatic N) is 1. The first-order valence-corrected chi connectivity index (χ1v) is 3.87. The zero-order valence-electron chi connectivity index (χ0n) is 7.02. The molecule has 0 fully saturated rings. The van der Waals surface area contributed by atoms with Gasteiger partial charge >= 0.3 is 5.63 Å². The van der Waals surface area contributed by atoms with Gasteiger partial charge in [0.05, 0.1) is 23.1 Å². The van der Waals surface area contributed by atoms with Crippen molar-refractivity contribution < 1.29 is 9.52 Å². The van der Waals surface area contributed by atoms with Gasteiger partial charge in [0.2, 0.25) is 0 Å². The molecule has 4 heteroatoms. The highest BCUT2D eigenvalue weighted by Gasteiger charge is 2.04. The minimum atomic E-state index is -0.611. The van der Waals surface area contributed by atoms with Crippen molar-refractivity contribution in [3.63, 3.8) is 0 Å². The molecule has 1 aromatic heterocycles. The summed E-state index contributed by atoms with van der Waals surface area (Å²) < 4.78 is 4.82. The van der Waals surface area contributed by atoms with Gasteiger partial charge in [0.1, 0.15) is 11.3 Å². The van der Waals surface area contributed by atoms with Crippen LogP contribution in [0.15, 0.2) is 33.5 Å². The number of benzene rings is 1. The van der Waals surface area contributed by atoms with E-state index >= 15 is 0 Å². The standard InChI is InChI=1S/C10H5NO3/c11-5-6-1-2-9-7(3-6)8(12)4-10(13)14-9/h1-4,12H. The maximum atomic E-state index is 10.9. The third-order valence-electron chi connectivity index (χ3n) is 1.85. The number of hydrogen-bond acceptors (Lipinski definition) is 4. The molecule has 0 spiro atoms. The molecule has 0 bridgehead atoms. The van der Waals surface area contributed by atoms with E-state index in [2.05, 4.69) is 0 Å². The largest absolute Gasteiger partial charge is 0.507 e. The van der Waals surface area contributed by atoms with Crippen LogP contribution in [0.3, 0.4) is 0 Å². The highest BCUT2D eigenvalue weighted by molar-refractivity contribution is 5.83. The summed E-state index contributed by atoms with van der Waals surface area (Å²) in [5.41, 5.74) is 0.0651. The van der Waals surface area contributed by atoms with Gasteiger partial charge in [-0.05, 0) is 18.2 Å². The zero-order chi connectivity index (χ0) is 10.1. The Hall–Kier alpha value is -2.28. The predicted octanol–water partition coefficient (Wildman–Crippen LogP) is 1.37. The van der Waals surface area contributed by atoms with Crippen LogP contribution < -0.4 is 5.63 Å². The Morgan fingerprint density at radius 2 is 2.14 bits per heavy atom. The molecule has 0 saturated heterocycles. The topological polar surface area (TPSA) is 74.2 Å². The van der Waals surface area contributed by atoms with Crippen molar-refractivity contribution in [2.75, 3.05) is 0 Å². The molecule has 2 rings (SSSR count). The molecule has 0 atom stereocenters. The SMILES string of the molecule is N#Cc1ccc2oc(=O)cc(O)c2c1. The molecule has 1 N–H and O–H groups in total. The van der Waals surface area contributed by atoms with E-state index in [-0.39, 0.29) is 11.3 Å². The molecule has 1 aromatic carbocycles. The average Bonchev–Trinajstić information content (AvgIpc) is 2.17. The van der Waals surface area contributed by atoms with Gasteiger partial charge in [-0.25, -0.2) is 4.79 Å². The Morgan fingerprint density at radius 3 is 2.86 bits per heavy atom. The quantitative estimate of drug-likeness (QED) is 0.632. The van der Waals surface area contributed by atoms with E-state index in [4.69, 9.17) is 9.68 Å². The van der Waals surface area contributed by atoms with Crippen LogP contribution in [0.5, 0.6) is 5.75 Å². The zero-order valence-corrected chi connectivity index (χ0v) is 7.02. The molecule has 0 radical (unpaired) electrons. The molecule has 0 aliphatic rings. The highest BCUT2D eigenvalue weighted by Crippen LogP contribution is 2.22. The predicted molar refractivity (Wildman–Crippen MR) is 48.9 cm³/mol. The molecule has 2 aromatic rings. The van der Waals surface area contributed by atoms with Crippen LogP contribution in [-0.2, 0) is 0 Å². The van der Waals surface area contributed by atoms with Crippen LogP contribution in [-0.4, -0.2) is 5.11 Å². The average molecular weight is 187 g/mol. The third-order valence-corrected chi connectivity index (χ3v) is 1.85. The van der Waals surface area contributed by atoms with E-state index in [1.54, 1.807) is 0 Å². The summed E-state index contributed by atoms with van der Waals surface area (Å²) in [4.78, 5) is 10.9. The van der Waals surface area contributed by atoms with E-state index in [0.29, 0.717) is 10.9 Å². The van der Waals surface area contributed by atoms with Gasteiger partial charge in [-0.2, -0.15) is 5.26 Å². The molecular weight excluding hydrogens is 182 g/mol. The normalized spacial score (nSPS) is 9.93. The van der Waals surface area contributed by atoms with Crippen LogP contribution in [0.25, 0.3) is 11.0 Å². The van der Waals surface area contributed by atoms with E-state index in [1.807, 2.05) is 6.07 Å². The minimum Gasteiger partial charge on any atom is -0.507 e. The number of fused-ring (bicyclic) bond motifs is 1. The second-order valence-electron chi connectivity index (χ2n) is 2.77. The van der Waals surface area contributed by atoms with Gasteiger partial charge in [0, 0.05) is 0 Å². The molecule has 14 heavy (non-hydrogen) atoms. The fraction of sp³-hybridized carbons (Fsp3) is 0. The number of hydrogen-bond donors (Lipinski definition) is 1. The van der Waals surface area contributed by atoms with Gasteiger partial charge in [-0.3, -0.25) is 0 Å². The summed E-state index contributed by atoms with van der Waals surface area (Å²) in [5, 5.41) is 18.4. The molecule has 0 aliphatic heterocycles. The lowest BCUT2D eigenvalue weighted by Gasteiger charge is -1.98. The summed E-state index contributed by atoms with van der Waals surface area (Å²) in [6, 6.07) is 7.37. The second-order valence-corrected chi connectivity index (χ2v) is 2.77. The van der Waals surface area contributed by atoms with Crippen molar-refractivity contribution in [2.24, 2.45) is 0 Å². The Labute approximate surface area is 78.6 Å². The van der Waals surface area contributed by atoms with Gasteiger partial charge in [-0.15, -0.1) is 0 Å². The first-order valence-electron chi connectivity index (χ1n) is 3.87. The van der Waals surface area contributed by atoms with Crippen LogP contribution in [0, 0.1) is 11.3 Å². The monoisotopic (exact) mass is 187 g/mol. The van der Waals surface area contributed by atoms with Crippen molar-refractivity contribution in [1.29, 1.82) is 5.26 Å². The molecule has 0 amide bonds. The Morgan fingerprint density at radius 1 is 1.36 bits per heavy atom. The van der Waals surface area contributed by atoms with Crippen LogP contribution in [0.2, 0.25) is 0 Å². The lowest BCUT2D eigenvalue weighted by atomic mass is 10.1. The van der Waals surface area contributed by atoms with Crippen LogP contribution in [0.4, 0.5) is 0 Å². The van der Waals surface area contributed by atoms with Crippen molar-refractivity contribution in [2.45, 2.75) is 0 Å². The summed E-state index contributed by atoms with van der Waals surface area (Å²) >= 11 is 0. The Kier molecular flexibility index (Phi) is 1.72. The fourth-order valence-electron chi connectivity index (χ4n) is 1.22. The summed E-state index contributed by atoms with van der Waals surface area (Å²) in [6.07, 6.45) is 0. The first-order chi connectivity index (χ1) is 6.70. The van der Waals surface area contributed by atoms with E-state index < -0.39 is 5.63 Å². The summed E-state index contributed by atoms with van der Waals surface area (Å²) in [6.45, 7) is 0. The summed E-state index contributed by atoms with van der Waals surface area (Å²) in [7, 11) is 0. The molecule has 0 saturated carbocycles. The van der Waals surface area contributed by atoms with E-state index in [9.17, 15) is 9.90 Å². The molecule has 4 nitrogen and oxygen atoms in total. The smallest absolute Gasteiger partial charge is 0.339 e. The lowest BCUT2D eigenvalue weighted by Crippen LogP contribution is -1.95. The van der Waals surface area contributed by atoms with Crippen molar-refractivity contribution in [3.8, 4) is 11.8 Å². The first kappa shape index (κ1) is 8.32. The summed E-state index contributed by atoms with van der Waals surface area (Å²) in [5.74, 6) is -0.173. The van der Waals surface area contributed by atoms with E-state index in [1.165, 1.54) is 18.2 Å². The van der Waals surface area contributed by atoms with Gasteiger partial charge < -0.3 is 9.52 Å². The van der Waals surface area contributed by atoms with Gasteiger partial charge in [0.25, 0.3) is 0 Å². The number of aromatic hydroxyl groups is 1. The number of rotatable bonds is 0. The van der Waals surface area contributed by atoms with Gasteiger partial charge in [0.15, 0.2) is 0 Å². The Balaban J connectivity index is 2.90. The minimum absolute atomic E-state index is 0.173. The molecular formula is C10H5NO3. The third kappa shape index (κ3) is 1.21. The van der Waals surface area contributed by atoms with Crippen molar-refractivity contribution >= 4 is 11.0 Å². The highest BCUT2D eigenvalue weighted by atomic mass is 16.4. The van der Waals surface area contributed by atoms with Crippen LogP contribution >= 0.6 is 0 Å². The second kappa shape index (κ2) is 2.89. The maximum Gasteiger partial charge on any atom is 0.339 e. The molecule has 0 aliphatic carbocycles. The fourth-order valence-corrected chi connectivity index (χ4v) is 1.22. The maximum absolute atomic E-state index is 10.9. The molecule has 1 heterocycles. The van der Waals surface area contributed by atoms with E-state index in [0.717, 1.165) is 6.07 Å². The molecule has 68 valence electrons. The van der Waals surface area contributed by atoms with Crippen molar-refractivity contribution in [3.05, 3.63) is 40.2 Å². The van der Waals surface area contributed by atoms with Crippen LogP contribution in [0.1, 0.15) is 5.56 Å².